The summed E-state index contributed by atoms with van der Waals surface area (Å²) in [5, 5.41) is 36.8. The van der Waals surface area contributed by atoms with Crippen molar-refractivity contribution in [3.63, 3.8) is 0 Å². The Bertz CT molecular complexity index is 2600. The van der Waals surface area contributed by atoms with E-state index in [9.17, 15) is 29.5 Å². The quantitative estimate of drug-likeness (QED) is 0.110. The molecule has 3 fully saturated rings. The average molecular weight is 805 g/mol. The van der Waals surface area contributed by atoms with Crippen LogP contribution in [-0.4, -0.2) is 62.3 Å². The summed E-state index contributed by atoms with van der Waals surface area (Å²) >= 11 is 7.87. The minimum atomic E-state index is -1.80. The minimum Gasteiger partial charge on any atom is -0.504 e. The van der Waals surface area contributed by atoms with Gasteiger partial charge in [0, 0.05) is 28.8 Å². The molecule has 0 unspecified atom stereocenters. The van der Waals surface area contributed by atoms with E-state index in [1.807, 2.05) is 31.2 Å². The molecule has 9 rings (SSSR count). The lowest BCUT2D eigenvalue weighted by molar-refractivity contribution is -0.131. The molecule has 12 nitrogen and oxygen atoms in total. The fraction of sp³-hybridized carbons (Fsp3) is 0.310. The van der Waals surface area contributed by atoms with E-state index in [-0.39, 0.29) is 42.1 Å². The molecule has 4 heterocycles. The van der Waals surface area contributed by atoms with Gasteiger partial charge in [-0.15, -0.1) is 11.3 Å². The van der Waals surface area contributed by atoms with Crippen LogP contribution in [0, 0.1) is 36.0 Å². The van der Waals surface area contributed by atoms with E-state index in [4.69, 9.17) is 21.4 Å². The van der Waals surface area contributed by atoms with Crippen LogP contribution in [0.3, 0.4) is 0 Å². The van der Waals surface area contributed by atoms with Gasteiger partial charge in [0.05, 0.1) is 40.3 Å². The van der Waals surface area contributed by atoms with E-state index in [0.717, 1.165) is 31.0 Å². The van der Waals surface area contributed by atoms with Gasteiger partial charge in [-0.05, 0) is 104 Å². The Morgan fingerprint density at radius 3 is 2.53 bits per heavy atom. The van der Waals surface area contributed by atoms with E-state index in [2.05, 4.69) is 0 Å². The first-order valence-electron chi connectivity index (χ1n) is 18.9. The van der Waals surface area contributed by atoms with Crippen molar-refractivity contribution in [1.82, 2.24) is 9.78 Å². The molecule has 4 amide bonds. The normalized spacial score (nSPS) is 25.5. The highest BCUT2D eigenvalue weighted by Crippen LogP contribution is 2.64. The number of carbonyl (C=O) groups excluding carboxylic acids is 4. The molecule has 0 spiro atoms. The molecule has 2 aliphatic heterocycles. The zero-order chi connectivity index (χ0) is 40.2. The maximum Gasteiger partial charge on any atom is 0.488 e. The number of fused-ring (bicyclic) bond motifs is 5. The van der Waals surface area contributed by atoms with Crippen LogP contribution in [-0.2, 0) is 26.2 Å². The smallest absolute Gasteiger partial charge is 0.488 e. The highest BCUT2D eigenvalue weighted by Gasteiger charge is 2.68. The number of aryl methyl sites for hydroxylation is 2. The SMILES string of the molecule is CCOc1cc([C@H]2C3=CC[C@@H]4C(=O)N(c5cccc(B(O)O)c5)C(=O)[C@@H]4[C@@H]3C[C@H]3C(=O)N(c4cc(-c5sc6ccc(Cl)cc6c5C)nn4C)C(=O)[C@@]23C)ccc1O. The monoisotopic (exact) mass is 804 g/mol. The molecule has 6 atom stereocenters. The number of phenols is 1. The largest absolute Gasteiger partial charge is 0.504 e. The van der Waals surface area contributed by atoms with Crippen molar-refractivity contribution in [2.75, 3.05) is 16.4 Å². The van der Waals surface area contributed by atoms with Crippen molar-refractivity contribution in [2.24, 2.45) is 36.1 Å². The highest BCUT2D eigenvalue weighted by atomic mass is 35.5. The number of aromatic nitrogens is 2. The van der Waals surface area contributed by atoms with Gasteiger partial charge in [-0.3, -0.25) is 28.8 Å². The van der Waals surface area contributed by atoms with Gasteiger partial charge in [0.15, 0.2) is 11.5 Å². The summed E-state index contributed by atoms with van der Waals surface area (Å²) in [7, 11) is -0.0983. The van der Waals surface area contributed by atoms with E-state index < -0.39 is 65.8 Å². The molecule has 15 heteroatoms. The number of anilines is 2. The maximum atomic E-state index is 15.2. The molecule has 4 aliphatic rings. The number of benzene rings is 3. The first kappa shape index (κ1) is 37.3. The van der Waals surface area contributed by atoms with Crippen LogP contribution in [0.1, 0.15) is 43.7 Å². The van der Waals surface area contributed by atoms with Gasteiger partial charge < -0.3 is 19.9 Å². The summed E-state index contributed by atoms with van der Waals surface area (Å²) in [6.45, 7) is 5.86. The fourth-order valence-electron chi connectivity index (χ4n) is 9.89. The van der Waals surface area contributed by atoms with E-state index in [0.29, 0.717) is 22.1 Å². The highest BCUT2D eigenvalue weighted by molar-refractivity contribution is 7.22. The lowest BCUT2D eigenvalue weighted by atomic mass is 9.51. The number of thiophene rings is 1. The molecule has 3 N–H and O–H groups in total. The van der Waals surface area contributed by atoms with Crippen LogP contribution < -0.4 is 20.0 Å². The van der Waals surface area contributed by atoms with Crippen molar-refractivity contribution in [2.45, 2.75) is 39.5 Å². The van der Waals surface area contributed by atoms with Crippen LogP contribution in [0.25, 0.3) is 20.7 Å². The standard InChI is InChI=1S/C42H38BClN4O8S/c1-5-56-32-15-21(9-13-31(32)49)36-25-11-12-26-35(40(52)47(38(26)50)24-8-6-7-22(16-24)43(54)55)28(25)18-29-39(51)48(41(53)42(29,36)3)34-19-30(45-46(34)4)37-20(2)27-17-23(44)10-14-33(27)57-37/h6-11,13-17,19,26,28-29,35-36,49,54-55H,5,12,18H2,1-4H3/t26-,28+,29-,35-,36-,42+/m0/s1. The molecule has 290 valence electrons. The Balaban J connectivity index is 1.15. The minimum absolute atomic E-state index is 0.0774. The Morgan fingerprint density at radius 2 is 1.77 bits per heavy atom. The Hall–Kier alpha value is -5.28. The molecule has 2 aromatic heterocycles. The molecule has 0 radical (unpaired) electrons. The van der Waals surface area contributed by atoms with Crippen molar-refractivity contribution >= 4 is 80.7 Å². The van der Waals surface area contributed by atoms with Crippen LogP contribution >= 0.6 is 22.9 Å². The Morgan fingerprint density at radius 1 is 0.982 bits per heavy atom. The van der Waals surface area contributed by atoms with Crippen molar-refractivity contribution < 1.29 is 39.1 Å². The molecule has 3 aromatic carbocycles. The third kappa shape index (κ3) is 5.44. The number of allylic oxidation sites excluding steroid dienone is 2. The third-order valence-electron chi connectivity index (χ3n) is 12.5. The molecule has 57 heavy (non-hydrogen) atoms. The van der Waals surface area contributed by atoms with Gasteiger partial charge in [-0.25, -0.2) is 4.90 Å². The molecular weight excluding hydrogens is 767 g/mol. The molecule has 2 saturated heterocycles. The van der Waals surface area contributed by atoms with Gasteiger partial charge in [0.2, 0.25) is 23.6 Å². The van der Waals surface area contributed by atoms with Crippen LogP contribution in [0.5, 0.6) is 11.5 Å². The van der Waals surface area contributed by atoms with Gasteiger partial charge in [-0.1, -0.05) is 41.4 Å². The number of aromatic hydroxyl groups is 1. The number of hydrogen-bond acceptors (Lipinski definition) is 10. The number of amides is 4. The zero-order valence-electron chi connectivity index (χ0n) is 31.5. The molecular formula is C42H38BClN4O8S. The van der Waals surface area contributed by atoms with Crippen molar-refractivity contribution in [1.29, 1.82) is 0 Å². The topological polar surface area (TPSA) is 162 Å². The summed E-state index contributed by atoms with van der Waals surface area (Å²) in [6, 6.07) is 18.4. The number of halogens is 1. The summed E-state index contributed by atoms with van der Waals surface area (Å²) in [5.41, 5.74) is 2.02. The van der Waals surface area contributed by atoms with Crippen molar-refractivity contribution in [3.8, 4) is 22.1 Å². The lowest BCUT2D eigenvalue weighted by Crippen LogP contribution is -2.49. The van der Waals surface area contributed by atoms with Crippen LogP contribution in [0.2, 0.25) is 5.02 Å². The van der Waals surface area contributed by atoms with E-state index >= 15 is 4.79 Å². The second-order valence-electron chi connectivity index (χ2n) is 15.5. The first-order valence-corrected chi connectivity index (χ1v) is 20.0. The van der Waals surface area contributed by atoms with E-state index in [1.165, 1.54) is 23.1 Å². The average Bonchev–Trinajstić information content (AvgIpc) is 3.86. The second kappa shape index (κ2) is 13.4. The van der Waals surface area contributed by atoms with Crippen LogP contribution in [0.15, 0.2) is 78.4 Å². The maximum absolute atomic E-state index is 15.2. The molecule has 2 aliphatic carbocycles. The third-order valence-corrected chi connectivity index (χ3v) is 14.1. The summed E-state index contributed by atoms with van der Waals surface area (Å²) in [4.78, 5) is 62.0. The predicted molar refractivity (Wildman–Crippen MR) is 216 cm³/mol. The molecule has 0 bridgehead atoms. The zero-order valence-corrected chi connectivity index (χ0v) is 33.0. The number of phenolic OH excluding ortho intramolecular Hbond substituents is 1. The number of hydrogen-bond donors (Lipinski definition) is 3. The number of imide groups is 2. The fourth-order valence-corrected chi connectivity index (χ4v) is 11.2. The first-order chi connectivity index (χ1) is 27.2. The Kier molecular flexibility index (Phi) is 8.78. The van der Waals surface area contributed by atoms with Gasteiger partial charge in [0.1, 0.15) is 11.5 Å². The van der Waals surface area contributed by atoms with Gasteiger partial charge in [-0.2, -0.15) is 5.10 Å². The van der Waals surface area contributed by atoms with Crippen molar-refractivity contribution in [3.05, 3.63) is 94.5 Å². The van der Waals surface area contributed by atoms with Gasteiger partial charge in [0.25, 0.3) is 0 Å². The number of ether oxygens (including phenoxy) is 1. The number of nitrogens with zero attached hydrogens (tertiary/aromatic N) is 4. The van der Waals surface area contributed by atoms with Crippen LogP contribution in [0.4, 0.5) is 11.5 Å². The summed E-state index contributed by atoms with van der Waals surface area (Å²) in [6.07, 6.45) is 2.32. The molecule has 5 aromatic rings. The Labute approximate surface area is 337 Å². The predicted octanol–water partition coefficient (Wildman–Crippen LogP) is 5.48. The number of rotatable bonds is 7. The second-order valence-corrected chi connectivity index (χ2v) is 17.0. The summed E-state index contributed by atoms with van der Waals surface area (Å²) < 4.78 is 8.36. The summed E-state index contributed by atoms with van der Waals surface area (Å²) in [5.74, 6) is -5.00. The lowest BCUT2D eigenvalue weighted by Gasteiger charge is -2.49. The van der Waals surface area contributed by atoms with E-state index in [1.54, 1.807) is 67.2 Å². The number of carbonyl (C=O) groups is 4. The molecule has 1 saturated carbocycles. The van der Waals surface area contributed by atoms with Gasteiger partial charge >= 0.3 is 7.12 Å².